The lowest BCUT2D eigenvalue weighted by Gasteiger charge is -2.25. The Morgan fingerprint density at radius 1 is 1.19 bits per heavy atom. The average molecular weight is 468 g/mol. The van der Waals surface area contributed by atoms with Crippen molar-refractivity contribution < 1.29 is 24.5 Å². The number of ketones is 1. The highest BCUT2D eigenvalue weighted by Crippen LogP contribution is 2.46. The third kappa shape index (κ3) is 3.25. The minimum Gasteiger partial charge on any atom is -0.507 e. The van der Waals surface area contributed by atoms with Crippen LogP contribution in [0, 0.1) is 0 Å². The summed E-state index contributed by atoms with van der Waals surface area (Å²) in [5.41, 5.74) is 1.42. The minimum atomic E-state index is -0.900. The van der Waals surface area contributed by atoms with Crippen LogP contribution in [0.5, 0.6) is 11.5 Å². The van der Waals surface area contributed by atoms with E-state index in [9.17, 15) is 19.8 Å². The monoisotopic (exact) mass is 467 g/mol. The van der Waals surface area contributed by atoms with Crippen molar-refractivity contribution in [3.8, 4) is 11.5 Å². The Kier molecular flexibility index (Phi) is 4.95. The topological polar surface area (TPSA) is 87.1 Å². The first-order chi connectivity index (χ1) is 15.3. The van der Waals surface area contributed by atoms with Gasteiger partial charge in [-0.2, -0.15) is 0 Å². The van der Waals surface area contributed by atoms with Gasteiger partial charge in [0, 0.05) is 21.9 Å². The highest BCUT2D eigenvalue weighted by atomic mass is 35.5. The number of carbonyl (C=O) groups excluding carboxylic acids is 2. The smallest absolute Gasteiger partial charge is 0.300 e. The normalized spacial score (nSPS) is 21.6. The standard InChI is InChI=1S/C24H18ClNO5S/c1-12-9-14-10-13(4-7-18(14)31-12)22(28)20-21(19-3-2-8-32-19)26(24(30)23(20)29)16-11-15(25)5-6-17(16)27/h2-8,10-12,21,27-28H,9H2,1H3/b22-20-. The second kappa shape index (κ2) is 7.69. The number of rotatable bonds is 3. The number of phenolic OH excluding ortho intramolecular Hbond substituents is 1. The quantitative estimate of drug-likeness (QED) is 0.319. The van der Waals surface area contributed by atoms with Crippen molar-refractivity contribution in [1.29, 1.82) is 0 Å². The van der Waals surface area contributed by atoms with E-state index in [2.05, 4.69) is 0 Å². The molecule has 6 nitrogen and oxygen atoms in total. The van der Waals surface area contributed by atoms with Crippen LogP contribution >= 0.6 is 22.9 Å². The number of aliphatic hydroxyl groups excluding tert-OH is 1. The second-order valence-corrected chi connectivity index (χ2v) is 9.19. The van der Waals surface area contributed by atoms with Crippen LogP contribution < -0.4 is 9.64 Å². The van der Waals surface area contributed by atoms with Gasteiger partial charge in [0.1, 0.15) is 29.4 Å². The number of nitrogens with zero attached hydrogens (tertiary/aromatic N) is 1. The highest BCUT2D eigenvalue weighted by molar-refractivity contribution is 7.10. The largest absolute Gasteiger partial charge is 0.507 e. The molecule has 162 valence electrons. The van der Waals surface area contributed by atoms with Gasteiger partial charge in [0.2, 0.25) is 0 Å². The Bertz CT molecular complexity index is 1280. The van der Waals surface area contributed by atoms with E-state index in [1.165, 1.54) is 34.4 Å². The zero-order chi connectivity index (χ0) is 22.6. The molecule has 3 heterocycles. The Morgan fingerprint density at radius 3 is 2.75 bits per heavy atom. The highest BCUT2D eigenvalue weighted by Gasteiger charge is 2.48. The van der Waals surface area contributed by atoms with Crippen molar-refractivity contribution in [2.45, 2.75) is 25.5 Å². The van der Waals surface area contributed by atoms with Crippen molar-refractivity contribution in [1.82, 2.24) is 0 Å². The molecule has 3 aromatic rings. The molecule has 1 saturated heterocycles. The number of hydrogen-bond donors (Lipinski definition) is 2. The van der Waals surface area contributed by atoms with Crippen LogP contribution in [0.25, 0.3) is 5.76 Å². The molecule has 1 amide bonds. The zero-order valence-corrected chi connectivity index (χ0v) is 18.5. The predicted molar refractivity (Wildman–Crippen MR) is 122 cm³/mol. The van der Waals surface area contributed by atoms with Crippen LogP contribution in [0.4, 0.5) is 5.69 Å². The summed E-state index contributed by atoms with van der Waals surface area (Å²) in [5, 5.41) is 23.8. The summed E-state index contributed by atoms with van der Waals surface area (Å²) in [6, 6.07) is 12.2. The fourth-order valence-electron chi connectivity index (χ4n) is 4.21. The van der Waals surface area contributed by atoms with Crippen molar-refractivity contribution in [3.05, 3.63) is 80.5 Å². The Balaban J connectivity index is 1.69. The molecular formula is C24H18ClNO5S. The van der Waals surface area contributed by atoms with Crippen molar-refractivity contribution >= 4 is 46.1 Å². The molecule has 2 aliphatic heterocycles. The van der Waals surface area contributed by atoms with Gasteiger partial charge in [-0.1, -0.05) is 17.7 Å². The molecule has 0 spiro atoms. The number of aliphatic hydroxyl groups is 1. The summed E-state index contributed by atoms with van der Waals surface area (Å²) in [4.78, 5) is 28.1. The Hall–Kier alpha value is -3.29. The Morgan fingerprint density at radius 2 is 2.00 bits per heavy atom. The SMILES string of the molecule is CC1Cc2cc(/C(O)=C3/C(=O)C(=O)N(c4cc(Cl)ccc4O)C3c3cccs3)ccc2O1. The number of benzene rings is 2. The lowest BCUT2D eigenvalue weighted by atomic mass is 9.98. The number of Topliss-reactive ketones (excluding diaryl/α,β-unsaturated/α-hetero) is 1. The average Bonchev–Trinajstić information content (AvgIpc) is 3.47. The Labute approximate surface area is 192 Å². The van der Waals surface area contributed by atoms with Crippen molar-refractivity contribution in [2.75, 3.05) is 4.90 Å². The van der Waals surface area contributed by atoms with Gasteiger partial charge in [-0.05, 0) is 60.3 Å². The first kappa shape index (κ1) is 20.6. The first-order valence-corrected chi connectivity index (χ1v) is 11.2. The van der Waals surface area contributed by atoms with Crippen LogP contribution in [0.3, 0.4) is 0 Å². The molecule has 8 heteroatoms. The maximum Gasteiger partial charge on any atom is 0.300 e. The predicted octanol–water partition coefficient (Wildman–Crippen LogP) is 5.06. The lowest BCUT2D eigenvalue weighted by Crippen LogP contribution is -2.29. The van der Waals surface area contributed by atoms with Gasteiger partial charge in [0.05, 0.1) is 11.3 Å². The number of hydrogen-bond acceptors (Lipinski definition) is 6. The van der Waals surface area contributed by atoms with Gasteiger partial charge in [-0.25, -0.2) is 0 Å². The van der Waals surface area contributed by atoms with E-state index < -0.39 is 17.7 Å². The molecule has 32 heavy (non-hydrogen) atoms. The molecule has 2 aliphatic rings. The van der Waals surface area contributed by atoms with Gasteiger partial charge in [-0.3, -0.25) is 14.5 Å². The molecule has 2 N–H and O–H groups in total. The van der Waals surface area contributed by atoms with Crippen LogP contribution in [0.1, 0.15) is 29.0 Å². The van der Waals surface area contributed by atoms with E-state index in [4.69, 9.17) is 16.3 Å². The van der Waals surface area contributed by atoms with E-state index in [1.54, 1.807) is 30.3 Å². The summed E-state index contributed by atoms with van der Waals surface area (Å²) in [7, 11) is 0. The number of fused-ring (bicyclic) bond motifs is 1. The molecule has 1 fully saturated rings. The number of anilines is 1. The number of carbonyl (C=O) groups is 2. The molecule has 2 aromatic carbocycles. The van der Waals surface area contributed by atoms with E-state index >= 15 is 0 Å². The molecule has 0 saturated carbocycles. The third-order valence-corrected chi connectivity index (χ3v) is 6.78. The molecule has 5 rings (SSSR count). The minimum absolute atomic E-state index is 0.0323. The van der Waals surface area contributed by atoms with Gasteiger partial charge >= 0.3 is 0 Å². The lowest BCUT2D eigenvalue weighted by molar-refractivity contribution is -0.132. The number of aromatic hydroxyl groups is 1. The number of amides is 1. The number of halogens is 1. The van der Waals surface area contributed by atoms with Crippen molar-refractivity contribution in [3.63, 3.8) is 0 Å². The number of thiophene rings is 1. The maximum atomic E-state index is 13.1. The van der Waals surface area contributed by atoms with Gasteiger partial charge in [0.15, 0.2) is 0 Å². The fourth-order valence-corrected chi connectivity index (χ4v) is 5.20. The molecule has 0 bridgehead atoms. The third-order valence-electron chi connectivity index (χ3n) is 5.62. The molecule has 1 aromatic heterocycles. The zero-order valence-electron chi connectivity index (χ0n) is 16.9. The summed E-state index contributed by atoms with van der Waals surface area (Å²) < 4.78 is 5.72. The summed E-state index contributed by atoms with van der Waals surface area (Å²) >= 11 is 7.45. The second-order valence-electron chi connectivity index (χ2n) is 7.77. The summed E-state index contributed by atoms with van der Waals surface area (Å²) in [6.07, 6.45) is 0.722. The van der Waals surface area contributed by atoms with Crippen LogP contribution in [-0.4, -0.2) is 28.0 Å². The van der Waals surface area contributed by atoms with E-state index in [0.717, 1.165) is 11.3 Å². The van der Waals surface area contributed by atoms with Crippen LogP contribution in [0.2, 0.25) is 5.02 Å². The van der Waals surface area contributed by atoms with Crippen LogP contribution in [-0.2, 0) is 16.0 Å². The van der Waals surface area contributed by atoms with E-state index in [-0.39, 0.29) is 28.9 Å². The molecule has 2 atom stereocenters. The van der Waals surface area contributed by atoms with Gasteiger partial charge < -0.3 is 14.9 Å². The molecule has 2 unspecified atom stereocenters. The fraction of sp³-hybridized carbons (Fsp3) is 0.167. The van der Waals surface area contributed by atoms with E-state index in [0.29, 0.717) is 21.9 Å². The van der Waals surface area contributed by atoms with Crippen LogP contribution in [0.15, 0.2) is 59.5 Å². The van der Waals surface area contributed by atoms with Gasteiger partial charge in [0.25, 0.3) is 11.7 Å². The number of ether oxygens (including phenoxy) is 1. The summed E-state index contributed by atoms with van der Waals surface area (Å²) in [5.74, 6) is -1.39. The van der Waals surface area contributed by atoms with Gasteiger partial charge in [-0.15, -0.1) is 11.3 Å². The molecule has 0 aliphatic carbocycles. The maximum absolute atomic E-state index is 13.1. The number of phenols is 1. The molecular weight excluding hydrogens is 450 g/mol. The molecule has 0 radical (unpaired) electrons. The van der Waals surface area contributed by atoms with E-state index in [1.807, 2.05) is 12.3 Å². The summed E-state index contributed by atoms with van der Waals surface area (Å²) in [6.45, 7) is 1.96. The van der Waals surface area contributed by atoms with Crippen molar-refractivity contribution in [2.24, 2.45) is 0 Å². The first-order valence-electron chi connectivity index (χ1n) is 9.98.